The van der Waals surface area contributed by atoms with Crippen LogP contribution in [0.4, 0.5) is 4.39 Å². The van der Waals surface area contributed by atoms with E-state index in [0.717, 1.165) is 10.9 Å². The number of carbonyl (C=O) groups excluding carboxylic acids is 2. The van der Waals surface area contributed by atoms with Gasteiger partial charge >= 0.3 is 11.9 Å². The fraction of sp³-hybridized carbons (Fsp3) is 0.133. The lowest BCUT2D eigenvalue weighted by molar-refractivity contribution is -0.143. The van der Waals surface area contributed by atoms with Gasteiger partial charge in [0.1, 0.15) is 23.4 Å². The molecular weight excluding hydrogens is 459 g/mol. The molecule has 0 aliphatic carbocycles. The molecule has 4 aromatic carbocycles. The summed E-state index contributed by atoms with van der Waals surface area (Å²) in [5.74, 6) is -0.331. The molecule has 0 N–H and O–H groups in total. The van der Waals surface area contributed by atoms with Gasteiger partial charge < -0.3 is 14.2 Å². The Morgan fingerprint density at radius 3 is 2.17 bits per heavy atom. The molecule has 0 radical (unpaired) electrons. The van der Waals surface area contributed by atoms with E-state index in [9.17, 15) is 9.59 Å². The summed E-state index contributed by atoms with van der Waals surface area (Å²) < 4.78 is 30.9. The van der Waals surface area contributed by atoms with E-state index >= 15 is 4.39 Å². The predicted octanol–water partition coefficient (Wildman–Crippen LogP) is 7.05. The van der Waals surface area contributed by atoms with Crippen LogP contribution in [-0.2, 0) is 9.53 Å². The molecule has 0 fully saturated rings. The SMILES string of the molecule is C=C(C)C(=O)OC(C)c1ccc2cc(-c3ccc(C(=O)Oc4ccc(OC)cc4)cc3)c(F)cc2c1. The highest BCUT2D eigenvalue weighted by atomic mass is 19.1. The van der Waals surface area contributed by atoms with Crippen LogP contribution >= 0.6 is 0 Å². The predicted molar refractivity (Wildman–Crippen MR) is 137 cm³/mol. The first-order valence-corrected chi connectivity index (χ1v) is 11.3. The number of rotatable bonds is 7. The molecule has 4 rings (SSSR count). The van der Waals surface area contributed by atoms with Crippen LogP contribution in [0.1, 0.15) is 35.9 Å². The largest absolute Gasteiger partial charge is 0.497 e. The molecule has 0 aromatic heterocycles. The Balaban J connectivity index is 1.53. The first-order valence-electron chi connectivity index (χ1n) is 11.3. The molecule has 0 aliphatic heterocycles. The first kappa shape index (κ1) is 24.7. The molecule has 0 saturated carbocycles. The Morgan fingerprint density at radius 1 is 0.861 bits per heavy atom. The quantitative estimate of drug-likeness (QED) is 0.160. The smallest absolute Gasteiger partial charge is 0.343 e. The first-order chi connectivity index (χ1) is 17.2. The molecule has 1 unspecified atom stereocenters. The number of ether oxygens (including phenoxy) is 3. The van der Waals surface area contributed by atoms with Crippen LogP contribution in [0.5, 0.6) is 11.5 Å². The zero-order valence-electron chi connectivity index (χ0n) is 20.2. The van der Waals surface area contributed by atoms with Crippen molar-refractivity contribution >= 4 is 22.7 Å². The minimum absolute atomic E-state index is 0.318. The second-order valence-corrected chi connectivity index (χ2v) is 8.41. The van der Waals surface area contributed by atoms with Crippen LogP contribution in [0.2, 0.25) is 0 Å². The number of carbonyl (C=O) groups is 2. The van der Waals surface area contributed by atoms with Crippen LogP contribution < -0.4 is 9.47 Å². The highest BCUT2D eigenvalue weighted by Crippen LogP contribution is 2.30. The molecule has 0 aliphatic rings. The van der Waals surface area contributed by atoms with Gasteiger partial charge in [-0.2, -0.15) is 0 Å². The number of fused-ring (bicyclic) bond motifs is 1. The summed E-state index contributed by atoms with van der Waals surface area (Å²) in [4.78, 5) is 24.3. The van der Waals surface area contributed by atoms with Crippen LogP contribution in [-0.4, -0.2) is 19.0 Å². The van der Waals surface area contributed by atoms with E-state index in [1.807, 2.05) is 12.1 Å². The van der Waals surface area contributed by atoms with Gasteiger partial charge in [0.25, 0.3) is 0 Å². The van der Waals surface area contributed by atoms with E-state index in [0.29, 0.717) is 39.1 Å². The summed E-state index contributed by atoms with van der Waals surface area (Å²) in [5.41, 5.74) is 2.45. The Hall–Kier alpha value is -4.45. The van der Waals surface area contributed by atoms with Crippen molar-refractivity contribution in [2.24, 2.45) is 0 Å². The van der Waals surface area contributed by atoms with Crippen molar-refractivity contribution in [2.45, 2.75) is 20.0 Å². The molecule has 0 amide bonds. The lowest BCUT2D eigenvalue weighted by Gasteiger charge is -2.15. The number of methoxy groups -OCH3 is 1. The maximum Gasteiger partial charge on any atom is 0.343 e. The van der Waals surface area contributed by atoms with Crippen molar-refractivity contribution < 1.29 is 28.2 Å². The van der Waals surface area contributed by atoms with Gasteiger partial charge in [-0.3, -0.25) is 0 Å². The zero-order valence-corrected chi connectivity index (χ0v) is 20.2. The number of esters is 2. The van der Waals surface area contributed by atoms with E-state index in [1.54, 1.807) is 81.6 Å². The summed E-state index contributed by atoms with van der Waals surface area (Å²) >= 11 is 0. The maximum absolute atomic E-state index is 15.1. The highest BCUT2D eigenvalue weighted by molar-refractivity contribution is 5.92. The Bertz CT molecular complexity index is 1440. The second-order valence-electron chi connectivity index (χ2n) is 8.41. The molecule has 0 saturated heterocycles. The van der Waals surface area contributed by atoms with E-state index in [1.165, 1.54) is 6.07 Å². The monoisotopic (exact) mass is 484 g/mol. The summed E-state index contributed by atoms with van der Waals surface area (Å²) in [7, 11) is 1.56. The minimum atomic E-state index is -0.514. The number of benzene rings is 4. The summed E-state index contributed by atoms with van der Waals surface area (Å²) in [6.07, 6.45) is -0.494. The average molecular weight is 485 g/mol. The number of hydrogen-bond donors (Lipinski definition) is 0. The minimum Gasteiger partial charge on any atom is -0.497 e. The standard InChI is InChI=1S/C30H25FO5/c1-18(2)29(32)35-19(3)22-9-10-23-16-27(28(31)17-24(23)15-22)20-5-7-21(8-6-20)30(33)36-26-13-11-25(34-4)12-14-26/h5-17,19H,1H2,2-4H3. The van der Waals surface area contributed by atoms with Gasteiger partial charge in [-0.25, -0.2) is 14.0 Å². The molecule has 0 heterocycles. The van der Waals surface area contributed by atoms with Crippen LogP contribution in [0.25, 0.3) is 21.9 Å². The van der Waals surface area contributed by atoms with E-state index in [2.05, 4.69) is 6.58 Å². The third kappa shape index (κ3) is 5.44. The van der Waals surface area contributed by atoms with Gasteiger partial charge in [0.2, 0.25) is 0 Å². The Labute approximate surface area is 208 Å². The average Bonchev–Trinajstić information content (AvgIpc) is 2.88. The number of hydrogen-bond acceptors (Lipinski definition) is 5. The van der Waals surface area contributed by atoms with Crippen molar-refractivity contribution in [3.05, 3.63) is 108 Å². The van der Waals surface area contributed by atoms with Crippen LogP contribution in [0, 0.1) is 5.82 Å². The molecule has 0 bridgehead atoms. The lowest BCUT2D eigenvalue weighted by atomic mass is 9.97. The fourth-order valence-corrected chi connectivity index (χ4v) is 3.69. The highest BCUT2D eigenvalue weighted by Gasteiger charge is 2.15. The van der Waals surface area contributed by atoms with Crippen molar-refractivity contribution in [2.75, 3.05) is 7.11 Å². The Morgan fingerprint density at radius 2 is 1.53 bits per heavy atom. The van der Waals surface area contributed by atoms with E-state index in [-0.39, 0.29) is 0 Å². The van der Waals surface area contributed by atoms with Crippen LogP contribution in [0.15, 0.2) is 91.0 Å². The molecule has 36 heavy (non-hydrogen) atoms. The van der Waals surface area contributed by atoms with Gasteiger partial charge in [-0.15, -0.1) is 0 Å². The fourth-order valence-electron chi connectivity index (χ4n) is 3.69. The summed E-state index contributed by atoms with van der Waals surface area (Å²) in [5, 5.41) is 1.52. The van der Waals surface area contributed by atoms with Gasteiger partial charge in [0, 0.05) is 11.1 Å². The third-order valence-electron chi connectivity index (χ3n) is 5.75. The number of halogens is 1. The van der Waals surface area contributed by atoms with Gasteiger partial charge in [0.05, 0.1) is 12.7 Å². The molecule has 4 aromatic rings. The van der Waals surface area contributed by atoms with E-state index < -0.39 is 23.9 Å². The molecular formula is C30H25FO5. The molecule has 182 valence electrons. The van der Waals surface area contributed by atoms with Crippen molar-refractivity contribution in [3.8, 4) is 22.6 Å². The maximum atomic E-state index is 15.1. The van der Waals surface area contributed by atoms with Crippen molar-refractivity contribution in [3.63, 3.8) is 0 Å². The van der Waals surface area contributed by atoms with Crippen molar-refractivity contribution in [1.29, 1.82) is 0 Å². The normalized spacial score (nSPS) is 11.6. The molecule has 5 nitrogen and oxygen atoms in total. The van der Waals surface area contributed by atoms with Gasteiger partial charge in [0.15, 0.2) is 0 Å². The molecule has 6 heteroatoms. The van der Waals surface area contributed by atoms with Crippen molar-refractivity contribution in [1.82, 2.24) is 0 Å². The molecule has 1 atom stereocenters. The van der Waals surface area contributed by atoms with Gasteiger partial charge in [-0.05, 0) is 90.3 Å². The summed E-state index contributed by atoms with van der Waals surface area (Å²) in [6.45, 7) is 6.93. The zero-order chi connectivity index (χ0) is 25.8. The van der Waals surface area contributed by atoms with Crippen LogP contribution in [0.3, 0.4) is 0 Å². The summed E-state index contributed by atoms with van der Waals surface area (Å²) in [6, 6.07) is 22.0. The Kier molecular flexibility index (Phi) is 7.15. The third-order valence-corrected chi connectivity index (χ3v) is 5.75. The van der Waals surface area contributed by atoms with E-state index in [4.69, 9.17) is 14.2 Å². The topological polar surface area (TPSA) is 61.8 Å². The second kappa shape index (κ2) is 10.4. The lowest BCUT2D eigenvalue weighted by Crippen LogP contribution is -2.09. The van der Waals surface area contributed by atoms with Gasteiger partial charge in [-0.1, -0.05) is 30.8 Å². The molecule has 0 spiro atoms.